The van der Waals surface area contributed by atoms with E-state index in [0.29, 0.717) is 0 Å². The normalized spacial score (nSPS) is 12.2. The summed E-state index contributed by atoms with van der Waals surface area (Å²) < 4.78 is 7.62. The van der Waals surface area contributed by atoms with Crippen LogP contribution in [0.2, 0.25) is 0 Å². The van der Waals surface area contributed by atoms with Crippen molar-refractivity contribution in [1.29, 1.82) is 0 Å². The summed E-state index contributed by atoms with van der Waals surface area (Å²) in [6.07, 6.45) is 0. The summed E-state index contributed by atoms with van der Waals surface area (Å²) in [5.74, 6) is 0. The fourth-order valence-electron chi connectivity index (χ4n) is 9.03. The first-order valence-corrected chi connectivity index (χ1v) is 19.0. The van der Waals surface area contributed by atoms with Gasteiger partial charge in [0.25, 0.3) is 0 Å². The van der Waals surface area contributed by atoms with Crippen molar-refractivity contribution < 1.29 is 0 Å². The molecule has 0 unspecified atom stereocenters. The third-order valence-electron chi connectivity index (χ3n) is 11.3. The highest BCUT2D eigenvalue weighted by Gasteiger charge is 2.23. The van der Waals surface area contributed by atoms with Crippen LogP contribution in [0.4, 0.5) is 0 Å². The third-order valence-corrected chi connectivity index (χ3v) is 12.5. The van der Waals surface area contributed by atoms with Crippen molar-refractivity contribution in [3.8, 4) is 33.6 Å². The molecule has 0 N–H and O–H groups in total. The molecule has 0 spiro atoms. The number of benzene rings is 9. The minimum atomic E-state index is 1.17. The molecule has 0 radical (unpaired) electrons. The van der Waals surface area contributed by atoms with Gasteiger partial charge in [0.1, 0.15) is 0 Å². The Bertz CT molecular complexity index is 3380. The molecule has 53 heavy (non-hydrogen) atoms. The lowest BCUT2D eigenvalue weighted by molar-refractivity contribution is 1.18. The standard InChI is InChI=1S/C50H30N2S/c1-3-13-31(14-4-1)36-21-11-23-39-40-24-12-22-37(50(40)53-49(36)39)33-16-9-19-35(29-33)51-44-26-10-15-32-27-28-41-47(46(32)44)45(51)30-42-38-20-7-8-25-43(38)52(48(41)42)34-17-5-2-6-18-34/h1-30H. The zero-order valence-corrected chi connectivity index (χ0v) is 29.4. The second-order valence-corrected chi connectivity index (χ2v) is 15.1. The van der Waals surface area contributed by atoms with E-state index in [1.54, 1.807) is 0 Å². The van der Waals surface area contributed by atoms with Crippen molar-refractivity contribution in [3.63, 3.8) is 0 Å². The Labute approximate surface area is 309 Å². The van der Waals surface area contributed by atoms with Crippen molar-refractivity contribution >= 4 is 85.9 Å². The van der Waals surface area contributed by atoms with Crippen LogP contribution in [0.5, 0.6) is 0 Å². The van der Waals surface area contributed by atoms with Gasteiger partial charge in [0.15, 0.2) is 0 Å². The highest BCUT2D eigenvalue weighted by molar-refractivity contribution is 7.26. The number of aromatic nitrogens is 2. The van der Waals surface area contributed by atoms with Crippen molar-refractivity contribution in [2.45, 2.75) is 0 Å². The lowest BCUT2D eigenvalue weighted by atomic mass is 9.99. The highest BCUT2D eigenvalue weighted by Crippen LogP contribution is 2.47. The Morgan fingerprint density at radius 1 is 0.340 bits per heavy atom. The summed E-state index contributed by atoms with van der Waals surface area (Å²) in [5.41, 5.74) is 12.3. The minimum Gasteiger partial charge on any atom is -0.309 e. The second kappa shape index (κ2) is 10.9. The van der Waals surface area contributed by atoms with Crippen LogP contribution in [-0.4, -0.2) is 9.13 Å². The Morgan fingerprint density at radius 3 is 1.77 bits per heavy atom. The van der Waals surface area contributed by atoms with Gasteiger partial charge in [-0.05, 0) is 70.1 Å². The molecule has 0 aliphatic heterocycles. The quantitative estimate of drug-likeness (QED) is 0.163. The number of thiophene rings is 1. The predicted molar refractivity (Wildman–Crippen MR) is 228 cm³/mol. The molecule has 3 aromatic heterocycles. The van der Waals surface area contributed by atoms with Crippen LogP contribution in [0.1, 0.15) is 0 Å². The molecule has 3 heteroatoms. The second-order valence-electron chi connectivity index (χ2n) is 14.1. The largest absolute Gasteiger partial charge is 0.309 e. The Hall–Kier alpha value is -6.68. The molecule has 0 bridgehead atoms. The van der Waals surface area contributed by atoms with Crippen LogP contribution in [0.15, 0.2) is 182 Å². The van der Waals surface area contributed by atoms with E-state index in [1.165, 1.54) is 108 Å². The molecule has 9 aromatic carbocycles. The zero-order chi connectivity index (χ0) is 34.6. The molecule has 12 rings (SSSR count). The molecule has 0 aliphatic rings. The number of rotatable bonds is 4. The lowest BCUT2D eigenvalue weighted by Crippen LogP contribution is -1.95. The van der Waals surface area contributed by atoms with Gasteiger partial charge in [0, 0.05) is 58.5 Å². The van der Waals surface area contributed by atoms with Gasteiger partial charge in [-0.15, -0.1) is 11.3 Å². The predicted octanol–water partition coefficient (Wildman–Crippen LogP) is 14.2. The molecular formula is C50H30N2S. The molecule has 0 amide bonds. The molecule has 0 atom stereocenters. The molecular weight excluding hydrogens is 661 g/mol. The van der Waals surface area contributed by atoms with Gasteiger partial charge in [0.2, 0.25) is 0 Å². The van der Waals surface area contributed by atoms with E-state index in [-0.39, 0.29) is 0 Å². The number of para-hydroxylation sites is 2. The van der Waals surface area contributed by atoms with Crippen LogP contribution in [0.3, 0.4) is 0 Å². The first-order valence-electron chi connectivity index (χ1n) is 18.2. The lowest BCUT2D eigenvalue weighted by Gasteiger charge is -2.12. The van der Waals surface area contributed by atoms with E-state index < -0.39 is 0 Å². The number of hydrogen-bond donors (Lipinski definition) is 0. The minimum absolute atomic E-state index is 1.17. The Morgan fingerprint density at radius 2 is 0.962 bits per heavy atom. The van der Waals surface area contributed by atoms with Crippen molar-refractivity contribution in [2.75, 3.05) is 0 Å². The van der Waals surface area contributed by atoms with E-state index >= 15 is 0 Å². The third kappa shape index (κ3) is 4.03. The summed E-state index contributed by atoms with van der Waals surface area (Å²) in [6.45, 7) is 0. The van der Waals surface area contributed by atoms with Gasteiger partial charge >= 0.3 is 0 Å². The zero-order valence-electron chi connectivity index (χ0n) is 28.6. The van der Waals surface area contributed by atoms with Crippen molar-refractivity contribution in [3.05, 3.63) is 182 Å². The summed E-state index contributed by atoms with van der Waals surface area (Å²) in [5, 5.41) is 10.3. The maximum atomic E-state index is 2.50. The summed E-state index contributed by atoms with van der Waals surface area (Å²) in [4.78, 5) is 0. The summed E-state index contributed by atoms with van der Waals surface area (Å²) in [7, 11) is 0. The Kier molecular flexibility index (Phi) is 5.96. The molecule has 3 heterocycles. The van der Waals surface area contributed by atoms with E-state index in [2.05, 4.69) is 191 Å². The van der Waals surface area contributed by atoms with Crippen molar-refractivity contribution in [2.24, 2.45) is 0 Å². The van der Waals surface area contributed by atoms with Gasteiger partial charge in [0.05, 0.1) is 22.1 Å². The highest BCUT2D eigenvalue weighted by atomic mass is 32.1. The fourth-order valence-corrected chi connectivity index (χ4v) is 10.4. The SMILES string of the molecule is c1ccc(-c2cccc3c2sc2c(-c4cccc(-n5c6cccc7ccc8c(c76)c5cc5c6ccccc6n(-c6ccccc6)c58)c4)cccc23)cc1. The maximum absolute atomic E-state index is 2.50. The van der Waals surface area contributed by atoms with E-state index in [1.807, 2.05) is 11.3 Å². The van der Waals surface area contributed by atoms with E-state index in [4.69, 9.17) is 0 Å². The molecule has 2 nitrogen and oxygen atoms in total. The molecule has 0 aliphatic carbocycles. The Balaban J connectivity index is 1.13. The summed E-state index contributed by atoms with van der Waals surface area (Å²) in [6, 6.07) is 67.0. The average Bonchev–Trinajstić information content (AvgIpc) is 3.89. The molecule has 246 valence electrons. The first-order chi connectivity index (χ1) is 26.3. The average molecular weight is 691 g/mol. The molecule has 0 saturated carbocycles. The van der Waals surface area contributed by atoms with Crippen LogP contribution in [0, 0.1) is 0 Å². The molecule has 0 saturated heterocycles. The van der Waals surface area contributed by atoms with Gasteiger partial charge in [-0.25, -0.2) is 0 Å². The van der Waals surface area contributed by atoms with Crippen LogP contribution < -0.4 is 0 Å². The van der Waals surface area contributed by atoms with Crippen LogP contribution >= 0.6 is 11.3 Å². The van der Waals surface area contributed by atoms with Gasteiger partial charge < -0.3 is 9.13 Å². The monoisotopic (exact) mass is 690 g/mol. The smallest absolute Gasteiger partial charge is 0.0621 e. The van der Waals surface area contributed by atoms with Crippen LogP contribution in [0.25, 0.3) is 108 Å². The molecule has 12 aromatic rings. The fraction of sp³-hybridized carbons (Fsp3) is 0. The molecule has 0 fully saturated rings. The maximum Gasteiger partial charge on any atom is 0.0621 e. The van der Waals surface area contributed by atoms with Crippen LogP contribution in [-0.2, 0) is 0 Å². The number of fused-ring (bicyclic) bond motifs is 7. The topological polar surface area (TPSA) is 9.86 Å². The van der Waals surface area contributed by atoms with Gasteiger partial charge in [-0.3, -0.25) is 0 Å². The number of nitrogens with zero attached hydrogens (tertiary/aromatic N) is 2. The van der Waals surface area contributed by atoms with Gasteiger partial charge in [-0.2, -0.15) is 0 Å². The van der Waals surface area contributed by atoms with E-state index in [0.717, 1.165) is 0 Å². The van der Waals surface area contributed by atoms with E-state index in [9.17, 15) is 0 Å². The first kappa shape index (κ1) is 29.0. The summed E-state index contributed by atoms with van der Waals surface area (Å²) >= 11 is 1.91. The van der Waals surface area contributed by atoms with Crippen molar-refractivity contribution in [1.82, 2.24) is 9.13 Å². The van der Waals surface area contributed by atoms with Gasteiger partial charge in [-0.1, -0.05) is 140 Å². The number of hydrogen-bond acceptors (Lipinski definition) is 1.